The van der Waals surface area contributed by atoms with E-state index in [2.05, 4.69) is 17.5 Å². The van der Waals surface area contributed by atoms with Gasteiger partial charge < -0.3 is 4.74 Å². The molecule has 0 amide bonds. The topological polar surface area (TPSA) is 21.3 Å². The van der Waals surface area contributed by atoms with Gasteiger partial charge in [-0.1, -0.05) is 6.08 Å². The van der Waals surface area contributed by atoms with Crippen LogP contribution in [0.25, 0.3) is 0 Å². The fraction of sp³-hybridized carbons (Fsp3) is 0.750. The van der Waals surface area contributed by atoms with E-state index >= 15 is 0 Å². The molecule has 1 N–H and O–H groups in total. The Morgan fingerprint density at radius 1 is 1.80 bits per heavy atom. The van der Waals surface area contributed by atoms with Crippen molar-refractivity contribution in [3.8, 4) is 0 Å². The number of ether oxygens (including phenoxy) is 1. The second-order valence-electron chi connectivity index (χ2n) is 3.03. The van der Waals surface area contributed by atoms with Crippen molar-refractivity contribution in [2.75, 3.05) is 13.2 Å². The minimum Gasteiger partial charge on any atom is -0.357 e. The van der Waals surface area contributed by atoms with Gasteiger partial charge in [0, 0.05) is 19.6 Å². The highest BCUT2D eigenvalue weighted by Crippen LogP contribution is 2.33. The summed E-state index contributed by atoms with van der Waals surface area (Å²) in [7, 11) is 0. The minimum absolute atomic E-state index is 0.0700. The van der Waals surface area contributed by atoms with Crippen LogP contribution in [0.5, 0.6) is 0 Å². The molecule has 1 aliphatic heterocycles. The molecule has 1 saturated heterocycles. The van der Waals surface area contributed by atoms with Crippen molar-refractivity contribution in [3.05, 3.63) is 12.2 Å². The van der Waals surface area contributed by atoms with Gasteiger partial charge in [0.05, 0.1) is 0 Å². The molecule has 2 aliphatic rings. The predicted octanol–water partition coefficient (Wildman–Crippen LogP) is 0.899. The van der Waals surface area contributed by atoms with E-state index in [1.165, 1.54) is 0 Å². The summed E-state index contributed by atoms with van der Waals surface area (Å²) in [6.45, 7) is 3.93. The van der Waals surface area contributed by atoms with Crippen molar-refractivity contribution in [1.82, 2.24) is 5.32 Å². The van der Waals surface area contributed by atoms with E-state index in [1.807, 2.05) is 6.92 Å². The molecule has 2 nitrogen and oxygen atoms in total. The van der Waals surface area contributed by atoms with E-state index < -0.39 is 0 Å². The lowest BCUT2D eigenvalue weighted by Gasteiger charge is -2.23. The maximum Gasteiger partial charge on any atom is 0.138 e. The summed E-state index contributed by atoms with van der Waals surface area (Å²) in [4.78, 5) is 0. The zero-order valence-electron chi connectivity index (χ0n) is 6.26. The molecule has 0 aromatic heterocycles. The fourth-order valence-electron chi connectivity index (χ4n) is 1.81. The van der Waals surface area contributed by atoms with E-state index in [0.29, 0.717) is 0 Å². The standard InChI is InChI=1S/C8H13NO/c1-2-10-8-4-3-7(5-8)6-9-8/h3-4,7,9H,2,5-6H2,1H3. The summed E-state index contributed by atoms with van der Waals surface area (Å²) in [6, 6.07) is 0. The molecule has 56 valence electrons. The molecule has 0 aromatic rings. The van der Waals surface area contributed by atoms with Crippen LogP contribution in [0.4, 0.5) is 0 Å². The van der Waals surface area contributed by atoms with E-state index in [1.54, 1.807) is 0 Å². The van der Waals surface area contributed by atoms with Gasteiger partial charge >= 0.3 is 0 Å². The van der Waals surface area contributed by atoms with Crippen LogP contribution < -0.4 is 5.32 Å². The van der Waals surface area contributed by atoms with Gasteiger partial charge in [-0.3, -0.25) is 5.32 Å². The number of rotatable bonds is 2. The van der Waals surface area contributed by atoms with E-state index in [0.717, 1.165) is 25.5 Å². The molecule has 0 aromatic carbocycles. The van der Waals surface area contributed by atoms with Crippen molar-refractivity contribution >= 4 is 0 Å². The number of nitrogens with one attached hydrogen (secondary N) is 1. The summed E-state index contributed by atoms with van der Waals surface area (Å²) in [6.07, 6.45) is 5.55. The molecule has 0 spiro atoms. The van der Waals surface area contributed by atoms with Gasteiger partial charge in [-0.05, 0) is 18.9 Å². The lowest BCUT2D eigenvalue weighted by atomic mass is 10.1. The maximum absolute atomic E-state index is 5.58. The predicted molar refractivity (Wildman–Crippen MR) is 39.6 cm³/mol. The summed E-state index contributed by atoms with van der Waals surface area (Å²) in [5.74, 6) is 0.728. The molecule has 1 heterocycles. The largest absolute Gasteiger partial charge is 0.357 e. The number of hydrogen-bond donors (Lipinski definition) is 1. The van der Waals surface area contributed by atoms with Gasteiger partial charge in [0.1, 0.15) is 5.72 Å². The molecule has 0 saturated carbocycles. The van der Waals surface area contributed by atoms with Crippen LogP contribution in [0.1, 0.15) is 13.3 Å². The zero-order chi connectivity index (χ0) is 7.03. The van der Waals surface area contributed by atoms with E-state index in [-0.39, 0.29) is 5.72 Å². The first-order valence-corrected chi connectivity index (χ1v) is 3.93. The van der Waals surface area contributed by atoms with Gasteiger partial charge in [-0.2, -0.15) is 0 Å². The summed E-state index contributed by atoms with van der Waals surface area (Å²) >= 11 is 0. The highest BCUT2D eigenvalue weighted by molar-refractivity contribution is 5.17. The fourth-order valence-corrected chi connectivity index (χ4v) is 1.81. The summed E-state index contributed by atoms with van der Waals surface area (Å²) in [5.41, 5.74) is -0.0700. The van der Waals surface area contributed by atoms with Crippen LogP contribution in [0.15, 0.2) is 12.2 Å². The van der Waals surface area contributed by atoms with Crippen LogP contribution in [0.3, 0.4) is 0 Å². The Kier molecular flexibility index (Phi) is 1.32. The van der Waals surface area contributed by atoms with Crippen molar-refractivity contribution in [2.45, 2.75) is 19.1 Å². The van der Waals surface area contributed by atoms with Gasteiger partial charge in [0.15, 0.2) is 0 Å². The Balaban J connectivity index is 2.09. The van der Waals surface area contributed by atoms with Crippen LogP contribution in [0.2, 0.25) is 0 Å². The molecule has 2 unspecified atom stereocenters. The van der Waals surface area contributed by atoms with Crippen molar-refractivity contribution in [2.24, 2.45) is 5.92 Å². The molecule has 2 rings (SSSR count). The first kappa shape index (κ1) is 6.38. The Labute approximate surface area is 61.3 Å². The molecule has 0 radical (unpaired) electrons. The van der Waals surface area contributed by atoms with Crippen molar-refractivity contribution < 1.29 is 4.74 Å². The smallest absolute Gasteiger partial charge is 0.138 e. The molecule has 1 fully saturated rings. The van der Waals surface area contributed by atoms with Crippen LogP contribution in [-0.2, 0) is 4.74 Å². The molecule has 2 atom stereocenters. The molecule has 2 heteroatoms. The number of hydrogen-bond acceptors (Lipinski definition) is 2. The molecule has 1 aliphatic carbocycles. The quantitative estimate of drug-likeness (QED) is 0.574. The first-order valence-electron chi connectivity index (χ1n) is 3.93. The third-order valence-corrected chi connectivity index (χ3v) is 2.27. The lowest BCUT2D eigenvalue weighted by molar-refractivity contribution is -0.00990. The van der Waals surface area contributed by atoms with Gasteiger partial charge in [-0.15, -0.1) is 0 Å². The molecular formula is C8H13NO. The van der Waals surface area contributed by atoms with Gasteiger partial charge in [0.2, 0.25) is 0 Å². The molecule has 2 bridgehead atoms. The van der Waals surface area contributed by atoms with E-state index in [9.17, 15) is 0 Å². The monoisotopic (exact) mass is 139 g/mol. The van der Waals surface area contributed by atoms with Crippen LogP contribution in [0, 0.1) is 5.92 Å². The Bertz CT molecular complexity index is 167. The van der Waals surface area contributed by atoms with Gasteiger partial charge in [0.25, 0.3) is 0 Å². The third kappa shape index (κ3) is 0.796. The molecule has 10 heavy (non-hydrogen) atoms. The highest BCUT2D eigenvalue weighted by Gasteiger charge is 2.40. The SMILES string of the molecule is CCOC12C=CC(CN1)C2. The normalized spacial score (nSPS) is 43.1. The highest BCUT2D eigenvalue weighted by atomic mass is 16.5. The molecular weight excluding hydrogens is 126 g/mol. The zero-order valence-corrected chi connectivity index (χ0v) is 6.26. The van der Waals surface area contributed by atoms with Crippen molar-refractivity contribution in [1.29, 1.82) is 0 Å². The lowest BCUT2D eigenvalue weighted by Crippen LogP contribution is -2.40. The van der Waals surface area contributed by atoms with Crippen LogP contribution in [-0.4, -0.2) is 18.9 Å². The van der Waals surface area contributed by atoms with Crippen molar-refractivity contribution in [3.63, 3.8) is 0 Å². The second kappa shape index (κ2) is 2.07. The Hall–Kier alpha value is -0.340. The second-order valence-corrected chi connectivity index (χ2v) is 3.03. The van der Waals surface area contributed by atoms with Gasteiger partial charge in [-0.25, -0.2) is 0 Å². The summed E-state index contributed by atoms with van der Waals surface area (Å²) < 4.78 is 5.58. The number of fused-ring (bicyclic) bond motifs is 2. The van der Waals surface area contributed by atoms with E-state index in [4.69, 9.17) is 4.74 Å². The average Bonchev–Trinajstić information content (AvgIpc) is 2.46. The maximum atomic E-state index is 5.58. The third-order valence-electron chi connectivity index (χ3n) is 2.27. The minimum atomic E-state index is -0.0700. The first-order chi connectivity index (χ1) is 4.85. The summed E-state index contributed by atoms with van der Waals surface area (Å²) in [5, 5.41) is 3.36. The Morgan fingerprint density at radius 2 is 2.70 bits per heavy atom. The average molecular weight is 139 g/mol. The Morgan fingerprint density at radius 3 is 3.10 bits per heavy atom. The van der Waals surface area contributed by atoms with Crippen LogP contribution >= 0.6 is 0 Å².